The van der Waals surface area contributed by atoms with Gasteiger partial charge in [-0.2, -0.15) is 0 Å². The summed E-state index contributed by atoms with van der Waals surface area (Å²) in [5, 5.41) is 3.81. The molecule has 0 radical (unpaired) electrons. The van der Waals surface area contributed by atoms with E-state index in [0.717, 1.165) is 18.9 Å². The molecule has 1 unspecified atom stereocenters. The van der Waals surface area contributed by atoms with Crippen molar-refractivity contribution in [1.82, 2.24) is 14.9 Å². The molecule has 1 aromatic rings. The molecule has 1 saturated carbocycles. The highest BCUT2D eigenvalue weighted by Gasteiger charge is 2.31. The summed E-state index contributed by atoms with van der Waals surface area (Å²) < 4.78 is 2.15. The number of imidazole rings is 1. The van der Waals surface area contributed by atoms with Crippen LogP contribution in [0.4, 0.5) is 0 Å². The monoisotopic (exact) mass is 291 g/mol. The van der Waals surface area contributed by atoms with Crippen LogP contribution in [0.1, 0.15) is 65.1 Å². The van der Waals surface area contributed by atoms with Gasteiger partial charge in [0, 0.05) is 31.9 Å². The lowest BCUT2D eigenvalue weighted by molar-refractivity contribution is 0.157. The minimum absolute atomic E-state index is 0.561. The fraction of sp³-hybridized carbons (Fsp3) is 0.833. The molecule has 1 aromatic heterocycles. The Balaban J connectivity index is 1.90. The summed E-state index contributed by atoms with van der Waals surface area (Å²) in [5.74, 6) is 2.07. The number of aryl methyl sites for hydroxylation is 2. The van der Waals surface area contributed by atoms with Gasteiger partial charge >= 0.3 is 0 Å². The van der Waals surface area contributed by atoms with Crippen molar-refractivity contribution >= 4 is 0 Å². The van der Waals surface area contributed by atoms with E-state index in [1.807, 2.05) is 12.4 Å². The van der Waals surface area contributed by atoms with E-state index in [9.17, 15) is 0 Å². The lowest BCUT2D eigenvalue weighted by atomic mass is 9.70. The van der Waals surface area contributed by atoms with Crippen LogP contribution >= 0.6 is 0 Å². The van der Waals surface area contributed by atoms with Crippen LogP contribution < -0.4 is 5.32 Å². The predicted octanol–water partition coefficient (Wildman–Crippen LogP) is 3.94. The van der Waals surface area contributed by atoms with Gasteiger partial charge < -0.3 is 9.88 Å². The quantitative estimate of drug-likeness (QED) is 0.824. The summed E-state index contributed by atoms with van der Waals surface area (Å²) in [7, 11) is 2.10. The summed E-state index contributed by atoms with van der Waals surface area (Å²) in [5.41, 5.74) is 0.561. The predicted molar refractivity (Wildman–Crippen MR) is 89.3 cm³/mol. The molecule has 1 aliphatic carbocycles. The first-order valence-corrected chi connectivity index (χ1v) is 8.71. The van der Waals surface area contributed by atoms with Gasteiger partial charge in [-0.05, 0) is 56.4 Å². The third kappa shape index (κ3) is 4.84. The summed E-state index contributed by atoms with van der Waals surface area (Å²) in [6.45, 7) is 8.25. The SMILES string of the molecule is CCCNC(CCc1nccn1C)C1CCC(C)(C)CC1. The normalized spacial score (nSPS) is 20.6. The Hall–Kier alpha value is -0.830. The van der Waals surface area contributed by atoms with Gasteiger partial charge in [0.2, 0.25) is 0 Å². The minimum Gasteiger partial charge on any atom is -0.338 e. The Labute approximate surface area is 130 Å². The standard InChI is InChI=1S/C18H33N3/c1-5-12-19-16(6-7-17-20-13-14-21(17)4)15-8-10-18(2,3)11-9-15/h13-16,19H,5-12H2,1-4H3. The van der Waals surface area contributed by atoms with Crippen molar-refractivity contribution in [2.45, 2.75) is 71.8 Å². The molecule has 0 aliphatic heterocycles. The molecule has 120 valence electrons. The molecule has 3 nitrogen and oxygen atoms in total. The van der Waals surface area contributed by atoms with Crippen molar-refractivity contribution in [3.8, 4) is 0 Å². The first kappa shape index (κ1) is 16.5. The van der Waals surface area contributed by atoms with Crippen molar-refractivity contribution in [2.75, 3.05) is 6.54 Å². The van der Waals surface area contributed by atoms with Crippen LogP contribution in [0.3, 0.4) is 0 Å². The van der Waals surface area contributed by atoms with Crippen LogP contribution in [0.15, 0.2) is 12.4 Å². The Bertz CT molecular complexity index is 412. The fourth-order valence-electron chi connectivity index (χ4n) is 3.58. The second-order valence-corrected chi connectivity index (χ2v) is 7.56. The first-order valence-electron chi connectivity index (χ1n) is 8.71. The molecule has 2 rings (SSSR count). The molecule has 0 aromatic carbocycles. The molecule has 21 heavy (non-hydrogen) atoms. The molecule has 1 aliphatic rings. The highest BCUT2D eigenvalue weighted by molar-refractivity contribution is 4.93. The molecule has 0 amide bonds. The van der Waals surface area contributed by atoms with Gasteiger partial charge in [0.1, 0.15) is 5.82 Å². The second kappa shape index (κ2) is 7.44. The van der Waals surface area contributed by atoms with Gasteiger partial charge in [0.05, 0.1) is 0 Å². The Kier molecular flexibility index (Phi) is 5.86. The van der Waals surface area contributed by atoms with Gasteiger partial charge in [-0.25, -0.2) is 4.98 Å². The first-order chi connectivity index (χ1) is 10.0. The van der Waals surface area contributed by atoms with Crippen molar-refractivity contribution < 1.29 is 0 Å². The number of nitrogens with one attached hydrogen (secondary N) is 1. The summed E-state index contributed by atoms with van der Waals surface area (Å²) >= 11 is 0. The van der Waals surface area contributed by atoms with E-state index in [2.05, 4.69) is 42.7 Å². The molecule has 0 spiro atoms. The zero-order chi connectivity index (χ0) is 15.3. The molecule has 3 heteroatoms. The molecular weight excluding hydrogens is 258 g/mol. The van der Waals surface area contributed by atoms with E-state index in [1.54, 1.807) is 0 Å². The molecule has 0 bridgehead atoms. The zero-order valence-electron chi connectivity index (χ0n) is 14.4. The van der Waals surface area contributed by atoms with Crippen LogP contribution in [0.5, 0.6) is 0 Å². The lowest BCUT2D eigenvalue weighted by Crippen LogP contribution is -2.40. The van der Waals surface area contributed by atoms with Crippen molar-refractivity contribution in [1.29, 1.82) is 0 Å². The van der Waals surface area contributed by atoms with E-state index in [4.69, 9.17) is 0 Å². The Morgan fingerprint density at radius 1 is 1.38 bits per heavy atom. The average Bonchev–Trinajstić information content (AvgIpc) is 2.85. The molecule has 1 N–H and O–H groups in total. The highest BCUT2D eigenvalue weighted by atomic mass is 15.0. The van der Waals surface area contributed by atoms with Crippen LogP contribution in [0.2, 0.25) is 0 Å². The van der Waals surface area contributed by atoms with E-state index in [0.29, 0.717) is 11.5 Å². The van der Waals surface area contributed by atoms with Crippen LogP contribution in [-0.2, 0) is 13.5 Å². The van der Waals surface area contributed by atoms with Crippen molar-refractivity contribution in [3.05, 3.63) is 18.2 Å². The Morgan fingerprint density at radius 2 is 2.10 bits per heavy atom. The smallest absolute Gasteiger partial charge is 0.108 e. The number of hydrogen-bond donors (Lipinski definition) is 1. The van der Waals surface area contributed by atoms with Crippen molar-refractivity contribution in [3.63, 3.8) is 0 Å². The maximum Gasteiger partial charge on any atom is 0.108 e. The zero-order valence-corrected chi connectivity index (χ0v) is 14.4. The van der Waals surface area contributed by atoms with Gasteiger partial charge in [-0.15, -0.1) is 0 Å². The number of nitrogens with zero attached hydrogens (tertiary/aromatic N) is 2. The van der Waals surface area contributed by atoms with Gasteiger partial charge in [-0.1, -0.05) is 20.8 Å². The van der Waals surface area contributed by atoms with E-state index in [1.165, 1.54) is 44.3 Å². The molecule has 0 saturated heterocycles. The van der Waals surface area contributed by atoms with Crippen LogP contribution in [0.25, 0.3) is 0 Å². The minimum atomic E-state index is 0.561. The van der Waals surface area contributed by atoms with Crippen LogP contribution in [0, 0.1) is 11.3 Å². The lowest BCUT2D eigenvalue weighted by Gasteiger charge is -2.38. The van der Waals surface area contributed by atoms with E-state index in [-0.39, 0.29) is 0 Å². The third-order valence-corrected chi connectivity index (χ3v) is 5.21. The molecule has 1 heterocycles. The van der Waals surface area contributed by atoms with Crippen molar-refractivity contribution in [2.24, 2.45) is 18.4 Å². The maximum absolute atomic E-state index is 4.47. The average molecular weight is 291 g/mol. The topological polar surface area (TPSA) is 29.9 Å². The number of hydrogen-bond acceptors (Lipinski definition) is 2. The van der Waals surface area contributed by atoms with E-state index >= 15 is 0 Å². The molecule has 1 atom stereocenters. The number of aromatic nitrogens is 2. The summed E-state index contributed by atoms with van der Waals surface area (Å²) in [6, 6.07) is 0.665. The van der Waals surface area contributed by atoms with Gasteiger partial charge in [-0.3, -0.25) is 0 Å². The van der Waals surface area contributed by atoms with Gasteiger partial charge in [0.15, 0.2) is 0 Å². The second-order valence-electron chi connectivity index (χ2n) is 7.56. The third-order valence-electron chi connectivity index (χ3n) is 5.21. The van der Waals surface area contributed by atoms with Gasteiger partial charge in [0.25, 0.3) is 0 Å². The summed E-state index contributed by atoms with van der Waals surface area (Å²) in [4.78, 5) is 4.47. The highest BCUT2D eigenvalue weighted by Crippen LogP contribution is 2.39. The Morgan fingerprint density at radius 3 is 2.67 bits per heavy atom. The van der Waals surface area contributed by atoms with Crippen LogP contribution in [-0.4, -0.2) is 22.1 Å². The van der Waals surface area contributed by atoms with E-state index < -0.39 is 0 Å². The number of rotatable bonds is 7. The summed E-state index contributed by atoms with van der Waals surface area (Å²) in [6.07, 6.45) is 13.0. The molecule has 1 fully saturated rings. The molecular formula is C18H33N3. The largest absolute Gasteiger partial charge is 0.338 e. The fourth-order valence-corrected chi connectivity index (χ4v) is 3.58. The maximum atomic E-state index is 4.47.